The van der Waals surface area contributed by atoms with Crippen LogP contribution < -0.4 is 0 Å². The summed E-state index contributed by atoms with van der Waals surface area (Å²) in [7, 11) is 2.09. The molecule has 0 saturated carbocycles. The van der Waals surface area contributed by atoms with Crippen LogP contribution in [0.5, 0.6) is 0 Å². The summed E-state index contributed by atoms with van der Waals surface area (Å²) < 4.78 is 18.7. The molecule has 1 aliphatic heterocycles. The van der Waals surface area contributed by atoms with Gasteiger partial charge in [0.25, 0.3) is 0 Å². The van der Waals surface area contributed by atoms with Crippen molar-refractivity contribution < 1.29 is 8.81 Å². The smallest absolute Gasteiger partial charge is 0.209 e. The molecule has 0 N–H and O–H groups in total. The first-order chi connectivity index (χ1) is 8.72. The van der Waals surface area contributed by atoms with Crippen LogP contribution in [0, 0.1) is 5.82 Å². The monoisotopic (exact) mass is 266 g/mol. The van der Waals surface area contributed by atoms with Crippen molar-refractivity contribution in [2.45, 2.75) is 19.0 Å². The van der Waals surface area contributed by atoms with Gasteiger partial charge in [-0.25, -0.2) is 9.37 Å². The highest BCUT2D eigenvalue weighted by Gasteiger charge is 2.21. The van der Waals surface area contributed by atoms with E-state index >= 15 is 0 Å². The van der Waals surface area contributed by atoms with Crippen LogP contribution in [-0.2, 0) is 6.54 Å². The lowest BCUT2D eigenvalue weighted by atomic mass is 10.2. The molecule has 0 radical (unpaired) electrons. The number of rotatable bonds is 3. The van der Waals surface area contributed by atoms with Crippen molar-refractivity contribution in [3.8, 4) is 0 Å². The van der Waals surface area contributed by atoms with Crippen LogP contribution in [0.1, 0.15) is 12.3 Å². The van der Waals surface area contributed by atoms with Gasteiger partial charge in [0.05, 0.1) is 6.54 Å². The third kappa shape index (κ3) is 2.37. The molecule has 96 valence electrons. The van der Waals surface area contributed by atoms with Gasteiger partial charge in [0, 0.05) is 17.9 Å². The quantitative estimate of drug-likeness (QED) is 0.854. The Balaban J connectivity index is 1.77. The fourth-order valence-corrected chi connectivity index (χ4v) is 3.53. The number of hydrogen-bond acceptors (Lipinski definition) is 4. The van der Waals surface area contributed by atoms with Crippen molar-refractivity contribution in [3.63, 3.8) is 0 Å². The minimum atomic E-state index is -0.275. The Hall–Kier alpha value is -1.07. The third-order valence-electron chi connectivity index (χ3n) is 3.31. The zero-order chi connectivity index (χ0) is 12.5. The summed E-state index contributed by atoms with van der Waals surface area (Å²) in [6, 6.07) is 5.04. The van der Waals surface area contributed by atoms with Gasteiger partial charge in [0.15, 0.2) is 5.58 Å². The first-order valence-electron chi connectivity index (χ1n) is 6.05. The van der Waals surface area contributed by atoms with Gasteiger partial charge < -0.3 is 4.42 Å². The number of benzene rings is 1. The average molecular weight is 266 g/mol. The van der Waals surface area contributed by atoms with E-state index in [1.165, 1.54) is 30.1 Å². The minimum absolute atomic E-state index is 0.275. The van der Waals surface area contributed by atoms with E-state index in [0.29, 0.717) is 29.6 Å². The number of halogens is 1. The predicted molar refractivity (Wildman–Crippen MR) is 71.2 cm³/mol. The van der Waals surface area contributed by atoms with E-state index in [1.54, 1.807) is 6.07 Å². The zero-order valence-corrected chi connectivity index (χ0v) is 11.0. The van der Waals surface area contributed by atoms with Crippen LogP contribution in [-0.4, -0.2) is 34.5 Å². The molecule has 0 amide bonds. The highest BCUT2D eigenvalue weighted by molar-refractivity contribution is 7.99. The normalized spacial score (nSPS) is 20.1. The fourth-order valence-electron chi connectivity index (χ4n) is 2.23. The topological polar surface area (TPSA) is 29.3 Å². The molecule has 0 spiro atoms. The number of aromatic nitrogens is 1. The van der Waals surface area contributed by atoms with Crippen molar-refractivity contribution in [1.82, 2.24) is 9.88 Å². The number of fused-ring (bicyclic) bond motifs is 1. The van der Waals surface area contributed by atoms with Gasteiger partial charge in [-0.1, -0.05) is 0 Å². The molecular formula is C13H15FN2OS. The van der Waals surface area contributed by atoms with Gasteiger partial charge in [-0.15, -0.1) is 0 Å². The maximum atomic E-state index is 13.1. The van der Waals surface area contributed by atoms with Gasteiger partial charge >= 0.3 is 0 Å². The van der Waals surface area contributed by atoms with Gasteiger partial charge in [-0.2, -0.15) is 11.8 Å². The van der Waals surface area contributed by atoms with Crippen LogP contribution in [0.15, 0.2) is 22.6 Å². The molecule has 0 bridgehead atoms. The van der Waals surface area contributed by atoms with Crippen molar-refractivity contribution >= 4 is 22.9 Å². The van der Waals surface area contributed by atoms with Gasteiger partial charge in [-0.3, -0.25) is 4.90 Å². The second kappa shape index (κ2) is 4.90. The summed E-state index contributed by atoms with van der Waals surface area (Å²) in [4.78, 5) is 6.59. The fraction of sp³-hybridized carbons (Fsp3) is 0.462. The van der Waals surface area contributed by atoms with Crippen LogP contribution in [0.2, 0.25) is 0 Å². The Labute approximate surface area is 109 Å². The molecule has 1 aromatic heterocycles. The molecule has 1 aliphatic rings. The van der Waals surface area contributed by atoms with Crippen LogP contribution in [0.25, 0.3) is 11.1 Å². The van der Waals surface area contributed by atoms with Crippen molar-refractivity contribution in [2.24, 2.45) is 0 Å². The van der Waals surface area contributed by atoms with E-state index in [0.717, 1.165) is 0 Å². The Morgan fingerprint density at radius 2 is 2.44 bits per heavy atom. The molecule has 3 nitrogen and oxygen atoms in total. The summed E-state index contributed by atoms with van der Waals surface area (Å²) in [6.07, 6.45) is 1.22. The van der Waals surface area contributed by atoms with Crippen molar-refractivity contribution in [3.05, 3.63) is 29.9 Å². The largest absolute Gasteiger partial charge is 0.439 e. The van der Waals surface area contributed by atoms with Gasteiger partial charge in [0.1, 0.15) is 11.3 Å². The van der Waals surface area contributed by atoms with E-state index in [-0.39, 0.29) is 5.82 Å². The molecule has 2 heterocycles. The van der Waals surface area contributed by atoms with Crippen LogP contribution in [0.3, 0.4) is 0 Å². The highest BCUT2D eigenvalue weighted by atomic mass is 32.2. The third-order valence-corrected chi connectivity index (χ3v) is 4.45. The lowest BCUT2D eigenvalue weighted by Gasteiger charge is -2.21. The molecule has 0 unspecified atom stereocenters. The summed E-state index contributed by atoms with van der Waals surface area (Å²) in [6.45, 7) is 0.682. The van der Waals surface area contributed by atoms with Crippen molar-refractivity contribution in [1.29, 1.82) is 0 Å². The highest BCUT2D eigenvalue weighted by Crippen LogP contribution is 2.23. The van der Waals surface area contributed by atoms with E-state index < -0.39 is 0 Å². The van der Waals surface area contributed by atoms with Gasteiger partial charge in [0.2, 0.25) is 5.89 Å². The average Bonchev–Trinajstić information content (AvgIpc) is 2.95. The number of thioether (sulfide) groups is 1. The van der Waals surface area contributed by atoms with Gasteiger partial charge in [-0.05, 0) is 31.4 Å². The Morgan fingerprint density at radius 3 is 3.22 bits per heavy atom. The maximum Gasteiger partial charge on any atom is 0.209 e. The second-order valence-electron chi connectivity index (χ2n) is 4.65. The summed E-state index contributed by atoms with van der Waals surface area (Å²) in [5, 5.41) is 0. The maximum absolute atomic E-state index is 13.1. The Morgan fingerprint density at radius 1 is 1.56 bits per heavy atom. The Kier molecular flexibility index (Phi) is 3.26. The standard InChI is InChI=1S/C13H15FN2OS/c1-16(10-4-5-18-8-10)7-13-15-11-6-9(14)2-3-12(11)17-13/h2-3,6,10H,4-5,7-8H2,1H3/t10-/m0/s1. The minimum Gasteiger partial charge on any atom is -0.439 e. The predicted octanol–water partition coefficient (Wildman–Crippen LogP) is 2.90. The van der Waals surface area contributed by atoms with E-state index in [2.05, 4.69) is 16.9 Å². The Bertz CT molecular complexity index is 551. The summed E-state index contributed by atoms with van der Waals surface area (Å²) in [5.41, 5.74) is 1.25. The number of hydrogen-bond donors (Lipinski definition) is 0. The van der Waals surface area contributed by atoms with E-state index in [1.807, 2.05) is 11.8 Å². The van der Waals surface area contributed by atoms with E-state index in [9.17, 15) is 4.39 Å². The molecule has 0 aliphatic carbocycles. The summed E-state index contributed by atoms with van der Waals surface area (Å²) >= 11 is 1.99. The summed E-state index contributed by atoms with van der Waals surface area (Å²) in [5.74, 6) is 2.79. The molecule has 18 heavy (non-hydrogen) atoms. The first kappa shape index (κ1) is 12.0. The van der Waals surface area contributed by atoms with Crippen molar-refractivity contribution in [2.75, 3.05) is 18.6 Å². The van der Waals surface area contributed by atoms with Crippen LogP contribution >= 0.6 is 11.8 Å². The first-order valence-corrected chi connectivity index (χ1v) is 7.21. The molecule has 1 atom stereocenters. The number of oxazole rings is 1. The molecule has 1 saturated heterocycles. The molecule has 1 fully saturated rings. The molecule has 3 rings (SSSR count). The lowest BCUT2D eigenvalue weighted by molar-refractivity contribution is 0.232. The SMILES string of the molecule is CN(Cc1nc2cc(F)ccc2o1)[C@H]1CCSC1. The molecule has 1 aromatic carbocycles. The lowest BCUT2D eigenvalue weighted by Crippen LogP contribution is -2.30. The zero-order valence-electron chi connectivity index (χ0n) is 10.2. The van der Waals surface area contributed by atoms with E-state index in [4.69, 9.17) is 4.42 Å². The molecule has 5 heteroatoms. The molecule has 2 aromatic rings. The second-order valence-corrected chi connectivity index (χ2v) is 5.80. The number of nitrogens with zero attached hydrogens (tertiary/aromatic N) is 2. The van der Waals surface area contributed by atoms with Crippen LogP contribution in [0.4, 0.5) is 4.39 Å². The molecular weight excluding hydrogens is 251 g/mol.